The molecule has 1 aromatic rings. The van der Waals surface area contributed by atoms with Gasteiger partial charge in [-0.15, -0.1) is 0 Å². The Morgan fingerprint density at radius 2 is 2.12 bits per heavy atom. The van der Waals surface area contributed by atoms with Gasteiger partial charge in [-0.05, 0) is 43.9 Å². The van der Waals surface area contributed by atoms with E-state index in [9.17, 15) is 4.79 Å². The molecule has 0 radical (unpaired) electrons. The molecule has 138 valence electrons. The Bertz CT molecular complexity index is 626. The minimum atomic E-state index is -0.0128. The van der Waals surface area contributed by atoms with E-state index < -0.39 is 0 Å². The van der Waals surface area contributed by atoms with Gasteiger partial charge in [-0.25, -0.2) is 4.99 Å². The van der Waals surface area contributed by atoms with Gasteiger partial charge in [0.05, 0.1) is 0 Å². The molecule has 0 aliphatic heterocycles. The summed E-state index contributed by atoms with van der Waals surface area (Å²) in [6.45, 7) is 5.15. The number of nitrogens with one attached hydrogen (secondary N) is 2. The molecule has 1 atom stereocenters. The third-order valence-corrected chi connectivity index (χ3v) is 4.99. The number of hydrogen-bond acceptors (Lipinski definition) is 2. The number of aliphatic imine (C=N–C) groups is 1. The summed E-state index contributed by atoms with van der Waals surface area (Å²) in [5.74, 6) is 0.680. The number of carbonyl (C=O) groups excluding carboxylic acids is 1. The van der Waals surface area contributed by atoms with Gasteiger partial charge in [0.2, 0.25) is 5.91 Å². The molecule has 1 saturated carbocycles. The maximum absolute atomic E-state index is 11.8. The molecular formula is C19H29ClN4O. The largest absolute Gasteiger partial charge is 0.355 e. The average molecular weight is 365 g/mol. The maximum Gasteiger partial charge on any atom is 0.243 e. The summed E-state index contributed by atoms with van der Waals surface area (Å²) in [5, 5.41) is 7.56. The van der Waals surface area contributed by atoms with Gasteiger partial charge in [0.15, 0.2) is 5.96 Å². The van der Waals surface area contributed by atoms with Crippen LogP contribution in [0.2, 0.25) is 5.02 Å². The second-order valence-corrected chi connectivity index (χ2v) is 7.49. The topological polar surface area (TPSA) is 56.7 Å². The number of amides is 1. The molecule has 0 spiro atoms. The van der Waals surface area contributed by atoms with Gasteiger partial charge in [0.1, 0.15) is 6.54 Å². The third kappa shape index (κ3) is 5.63. The number of carbonyl (C=O) groups is 1. The zero-order valence-corrected chi connectivity index (χ0v) is 16.4. The molecule has 5 nitrogen and oxygen atoms in total. The lowest BCUT2D eigenvalue weighted by atomic mass is 9.96. The van der Waals surface area contributed by atoms with Crippen LogP contribution in [0.4, 0.5) is 0 Å². The zero-order valence-electron chi connectivity index (χ0n) is 15.6. The minimum absolute atomic E-state index is 0.0128. The molecule has 0 saturated heterocycles. The SMILES string of the molecule is CCC(C)NC(=NCC(=O)N(C)C)NCC1(c2cccc(Cl)c2)CC1. The van der Waals surface area contributed by atoms with E-state index in [1.54, 1.807) is 19.0 Å². The van der Waals surface area contributed by atoms with E-state index in [0.717, 1.165) is 30.8 Å². The van der Waals surface area contributed by atoms with Gasteiger partial charge >= 0.3 is 0 Å². The third-order valence-electron chi connectivity index (χ3n) is 4.75. The number of nitrogens with zero attached hydrogens (tertiary/aromatic N) is 2. The first-order chi connectivity index (χ1) is 11.9. The Morgan fingerprint density at radius 1 is 1.40 bits per heavy atom. The highest BCUT2D eigenvalue weighted by Crippen LogP contribution is 2.48. The first-order valence-electron chi connectivity index (χ1n) is 8.87. The van der Waals surface area contributed by atoms with E-state index in [-0.39, 0.29) is 17.9 Å². The van der Waals surface area contributed by atoms with Crippen LogP contribution in [0, 0.1) is 0 Å². The number of rotatable bonds is 7. The lowest BCUT2D eigenvalue weighted by Crippen LogP contribution is -2.45. The fourth-order valence-electron chi connectivity index (χ4n) is 2.57. The molecule has 1 unspecified atom stereocenters. The Balaban J connectivity index is 2.03. The lowest BCUT2D eigenvalue weighted by Gasteiger charge is -2.22. The summed E-state index contributed by atoms with van der Waals surface area (Å²) in [7, 11) is 3.48. The molecule has 1 aliphatic carbocycles. The van der Waals surface area contributed by atoms with Crippen molar-refractivity contribution in [3.8, 4) is 0 Å². The smallest absolute Gasteiger partial charge is 0.243 e. The molecule has 2 N–H and O–H groups in total. The van der Waals surface area contributed by atoms with Crippen molar-refractivity contribution in [1.82, 2.24) is 15.5 Å². The van der Waals surface area contributed by atoms with Crippen molar-refractivity contribution in [2.75, 3.05) is 27.2 Å². The number of guanidine groups is 1. The van der Waals surface area contributed by atoms with E-state index in [0.29, 0.717) is 12.0 Å². The summed E-state index contributed by atoms with van der Waals surface area (Å²) in [6.07, 6.45) is 3.25. The molecule has 0 aromatic heterocycles. The van der Waals surface area contributed by atoms with Gasteiger partial charge in [-0.3, -0.25) is 4.79 Å². The molecule has 0 heterocycles. The van der Waals surface area contributed by atoms with E-state index in [1.807, 2.05) is 18.2 Å². The Kier molecular flexibility index (Phi) is 6.71. The van der Waals surface area contributed by atoms with Crippen LogP contribution in [0.5, 0.6) is 0 Å². The second kappa shape index (κ2) is 8.56. The summed E-state index contributed by atoms with van der Waals surface area (Å²) in [6, 6.07) is 8.38. The van der Waals surface area contributed by atoms with Crippen LogP contribution >= 0.6 is 11.6 Å². The molecule has 1 aromatic carbocycles. The van der Waals surface area contributed by atoms with E-state index in [4.69, 9.17) is 11.6 Å². The van der Waals surface area contributed by atoms with Crippen LogP contribution in [-0.2, 0) is 10.2 Å². The minimum Gasteiger partial charge on any atom is -0.355 e. The highest BCUT2D eigenvalue weighted by atomic mass is 35.5. The van der Waals surface area contributed by atoms with Crippen molar-refractivity contribution < 1.29 is 4.79 Å². The first kappa shape index (κ1) is 19.6. The van der Waals surface area contributed by atoms with Gasteiger partial charge < -0.3 is 15.5 Å². The predicted molar refractivity (Wildman–Crippen MR) is 104 cm³/mol. The average Bonchev–Trinajstić information content (AvgIpc) is 3.37. The molecule has 2 rings (SSSR count). The Hall–Kier alpha value is -1.75. The summed E-state index contributed by atoms with van der Waals surface area (Å²) >= 11 is 6.14. The van der Waals surface area contributed by atoms with Crippen molar-refractivity contribution in [1.29, 1.82) is 0 Å². The van der Waals surface area contributed by atoms with Crippen molar-refractivity contribution in [3.63, 3.8) is 0 Å². The molecule has 1 amide bonds. The molecular weight excluding hydrogens is 336 g/mol. The normalized spacial score (nSPS) is 16.9. The van der Waals surface area contributed by atoms with Crippen molar-refractivity contribution in [3.05, 3.63) is 34.9 Å². The van der Waals surface area contributed by atoms with Crippen molar-refractivity contribution in [2.24, 2.45) is 4.99 Å². The molecule has 0 bridgehead atoms. The van der Waals surface area contributed by atoms with Gasteiger partial charge in [-0.2, -0.15) is 0 Å². The first-order valence-corrected chi connectivity index (χ1v) is 9.25. The summed E-state index contributed by atoms with van der Waals surface area (Å²) in [5.41, 5.74) is 1.38. The fourth-order valence-corrected chi connectivity index (χ4v) is 2.76. The van der Waals surface area contributed by atoms with E-state index >= 15 is 0 Å². The number of halogens is 1. The number of hydrogen-bond donors (Lipinski definition) is 2. The fraction of sp³-hybridized carbons (Fsp3) is 0.579. The van der Waals surface area contributed by atoms with E-state index in [1.165, 1.54) is 5.56 Å². The van der Waals surface area contributed by atoms with Crippen LogP contribution in [0.1, 0.15) is 38.7 Å². The predicted octanol–water partition coefficient (Wildman–Crippen LogP) is 2.79. The Labute approximate surface area is 155 Å². The second-order valence-electron chi connectivity index (χ2n) is 7.05. The van der Waals surface area contributed by atoms with Crippen molar-refractivity contribution in [2.45, 2.75) is 44.6 Å². The molecule has 1 fully saturated rings. The van der Waals surface area contributed by atoms with Crippen LogP contribution in [0.25, 0.3) is 0 Å². The summed E-state index contributed by atoms with van der Waals surface area (Å²) in [4.78, 5) is 17.8. The highest BCUT2D eigenvalue weighted by molar-refractivity contribution is 6.30. The van der Waals surface area contributed by atoms with E-state index in [2.05, 4.69) is 35.5 Å². The lowest BCUT2D eigenvalue weighted by molar-refractivity contribution is -0.127. The number of benzene rings is 1. The van der Waals surface area contributed by atoms with Crippen LogP contribution in [0.15, 0.2) is 29.3 Å². The monoisotopic (exact) mass is 364 g/mol. The zero-order chi connectivity index (χ0) is 18.4. The highest BCUT2D eigenvalue weighted by Gasteiger charge is 2.44. The molecule has 25 heavy (non-hydrogen) atoms. The van der Waals surface area contributed by atoms with Crippen molar-refractivity contribution >= 4 is 23.5 Å². The van der Waals surface area contributed by atoms with Crippen LogP contribution in [0.3, 0.4) is 0 Å². The summed E-state index contributed by atoms with van der Waals surface area (Å²) < 4.78 is 0. The van der Waals surface area contributed by atoms with Crippen LogP contribution < -0.4 is 10.6 Å². The standard InChI is InChI=1S/C19H29ClN4O/c1-5-14(2)23-18(21-12-17(25)24(3)4)22-13-19(9-10-19)15-7-6-8-16(20)11-15/h6-8,11,14H,5,9-10,12-13H2,1-4H3,(H2,21,22,23). The van der Waals surface area contributed by atoms with Gasteiger partial charge in [-0.1, -0.05) is 30.7 Å². The molecule has 1 aliphatic rings. The maximum atomic E-state index is 11.8. The quantitative estimate of drug-likeness (QED) is 0.577. The Morgan fingerprint density at radius 3 is 2.68 bits per heavy atom. The number of likely N-dealkylation sites (N-methyl/N-ethyl adjacent to an activating group) is 1. The van der Waals surface area contributed by atoms with Gasteiger partial charge in [0.25, 0.3) is 0 Å². The van der Waals surface area contributed by atoms with Crippen LogP contribution in [-0.4, -0.2) is 50.0 Å². The van der Waals surface area contributed by atoms with Gasteiger partial charge in [0, 0.05) is 37.1 Å². The molecule has 6 heteroatoms.